The molecule has 0 spiro atoms. The smallest absolute Gasteiger partial charge is 0.276 e. The normalized spacial score (nSPS) is 11.2. The maximum absolute atomic E-state index is 12.8. The molecule has 4 heterocycles. The van der Waals surface area contributed by atoms with Gasteiger partial charge in [0, 0.05) is 42.2 Å². The summed E-state index contributed by atoms with van der Waals surface area (Å²) in [5.74, 6) is 0.157. The molecule has 0 saturated carbocycles. The minimum atomic E-state index is -0.258. The highest BCUT2D eigenvalue weighted by atomic mass is 16.1. The van der Waals surface area contributed by atoms with Gasteiger partial charge in [0.1, 0.15) is 16.9 Å². The molecular formula is C23H18N6O2. The fourth-order valence-electron chi connectivity index (χ4n) is 3.61. The van der Waals surface area contributed by atoms with Crippen molar-refractivity contribution in [3.8, 4) is 11.3 Å². The first kappa shape index (κ1) is 18.7. The lowest BCUT2D eigenvalue weighted by molar-refractivity contribution is 0.102. The number of benzene rings is 1. The first-order chi connectivity index (χ1) is 15.0. The zero-order chi connectivity index (χ0) is 21.5. The largest absolute Gasteiger partial charge is 0.340 e. The minimum Gasteiger partial charge on any atom is -0.340 e. The van der Waals surface area contributed by atoms with E-state index in [4.69, 9.17) is 0 Å². The molecule has 0 radical (unpaired) electrons. The number of aryl methyl sites for hydroxylation is 2. The number of nitrogens with one attached hydrogen (secondary N) is 2. The molecule has 0 aliphatic heterocycles. The molecule has 2 N–H and O–H groups in total. The molecule has 0 aliphatic rings. The van der Waals surface area contributed by atoms with Crippen LogP contribution in [0.3, 0.4) is 0 Å². The van der Waals surface area contributed by atoms with E-state index in [0.29, 0.717) is 33.7 Å². The summed E-state index contributed by atoms with van der Waals surface area (Å²) in [7, 11) is 1.68. The molecule has 4 aromatic heterocycles. The van der Waals surface area contributed by atoms with Gasteiger partial charge in [-0.2, -0.15) is 0 Å². The van der Waals surface area contributed by atoms with Gasteiger partial charge < -0.3 is 14.9 Å². The van der Waals surface area contributed by atoms with E-state index in [1.54, 1.807) is 37.8 Å². The van der Waals surface area contributed by atoms with Crippen molar-refractivity contribution in [2.75, 3.05) is 5.32 Å². The molecule has 5 rings (SSSR count). The Bertz CT molecular complexity index is 1530. The number of pyridine rings is 3. The number of hydrogen-bond acceptors (Lipinski definition) is 5. The lowest BCUT2D eigenvalue weighted by atomic mass is 10.1. The molecule has 8 nitrogen and oxygen atoms in total. The van der Waals surface area contributed by atoms with Crippen LogP contribution >= 0.6 is 0 Å². The molecule has 8 heteroatoms. The summed E-state index contributed by atoms with van der Waals surface area (Å²) in [6.07, 6.45) is 6.66. The van der Waals surface area contributed by atoms with E-state index in [9.17, 15) is 9.59 Å². The Labute approximate surface area is 176 Å². The van der Waals surface area contributed by atoms with Gasteiger partial charge in [-0.3, -0.25) is 14.6 Å². The number of anilines is 1. The fourth-order valence-corrected chi connectivity index (χ4v) is 3.61. The number of amides is 1. The SMILES string of the molecule is Cc1ccc(NC(=O)c2ccc3cnccc3c2)nc1-c1cn(C)c(=O)c2[nH]cnc12. The molecule has 1 amide bonds. The zero-order valence-electron chi connectivity index (χ0n) is 16.9. The number of aromatic amines is 1. The number of hydrogen-bond donors (Lipinski definition) is 2. The third-order valence-corrected chi connectivity index (χ3v) is 5.25. The Morgan fingerprint density at radius 3 is 2.87 bits per heavy atom. The molecule has 0 bridgehead atoms. The predicted octanol–water partition coefficient (Wildman–Crippen LogP) is 3.43. The quantitative estimate of drug-likeness (QED) is 0.474. The van der Waals surface area contributed by atoms with Crippen molar-refractivity contribution in [3.05, 3.63) is 82.8 Å². The zero-order valence-corrected chi connectivity index (χ0v) is 16.9. The number of carbonyl (C=O) groups excluding carboxylic acids is 1. The van der Waals surface area contributed by atoms with E-state index in [2.05, 4.69) is 25.3 Å². The number of carbonyl (C=O) groups is 1. The molecule has 1 aromatic carbocycles. The fraction of sp³-hybridized carbons (Fsp3) is 0.0870. The van der Waals surface area contributed by atoms with Crippen LogP contribution in [0.1, 0.15) is 15.9 Å². The summed E-state index contributed by atoms with van der Waals surface area (Å²) in [6, 6.07) is 10.9. The number of H-pyrrole nitrogens is 1. The van der Waals surface area contributed by atoms with E-state index < -0.39 is 0 Å². The van der Waals surface area contributed by atoms with Crippen molar-refractivity contribution in [3.63, 3.8) is 0 Å². The van der Waals surface area contributed by atoms with E-state index in [1.165, 1.54) is 10.9 Å². The van der Waals surface area contributed by atoms with Gasteiger partial charge in [0.2, 0.25) is 0 Å². The minimum absolute atomic E-state index is 0.162. The molecule has 152 valence electrons. The summed E-state index contributed by atoms with van der Waals surface area (Å²) in [5.41, 5.74) is 3.59. The van der Waals surface area contributed by atoms with Gasteiger partial charge in [-0.05, 0) is 42.1 Å². The highest BCUT2D eigenvalue weighted by molar-refractivity contribution is 6.06. The number of aromatic nitrogens is 5. The summed E-state index contributed by atoms with van der Waals surface area (Å²) < 4.78 is 1.49. The van der Waals surface area contributed by atoms with Crippen LogP contribution in [0.4, 0.5) is 5.82 Å². The second-order valence-electron chi connectivity index (χ2n) is 7.34. The highest BCUT2D eigenvalue weighted by Crippen LogP contribution is 2.27. The highest BCUT2D eigenvalue weighted by Gasteiger charge is 2.16. The Balaban J connectivity index is 1.53. The van der Waals surface area contributed by atoms with Gasteiger partial charge in [0.15, 0.2) is 0 Å². The number of fused-ring (bicyclic) bond motifs is 2. The van der Waals surface area contributed by atoms with Crippen LogP contribution in [0.2, 0.25) is 0 Å². The van der Waals surface area contributed by atoms with Crippen LogP contribution in [0.15, 0.2) is 66.1 Å². The van der Waals surface area contributed by atoms with Crippen LogP contribution in [0.25, 0.3) is 33.1 Å². The van der Waals surface area contributed by atoms with Crippen LogP contribution < -0.4 is 10.9 Å². The van der Waals surface area contributed by atoms with E-state index in [1.807, 2.05) is 31.2 Å². The standard InChI is InChI=1S/C23H18N6O2/c1-13-3-6-18(28-22(30)15-4-5-16-10-24-8-7-14(16)9-15)27-19(13)17-11-29(2)23(31)21-20(17)25-12-26-21/h3-12H,1-2H3,(H,25,26)(H,27,28,30). The first-order valence-electron chi connectivity index (χ1n) is 9.67. The summed E-state index contributed by atoms with van der Waals surface area (Å²) >= 11 is 0. The van der Waals surface area contributed by atoms with E-state index in [0.717, 1.165) is 16.3 Å². The lowest BCUT2D eigenvalue weighted by Crippen LogP contribution is -2.17. The van der Waals surface area contributed by atoms with Gasteiger partial charge in [-0.25, -0.2) is 9.97 Å². The summed E-state index contributed by atoms with van der Waals surface area (Å²) in [5, 5.41) is 4.77. The monoisotopic (exact) mass is 410 g/mol. The first-order valence-corrected chi connectivity index (χ1v) is 9.67. The number of rotatable bonds is 3. The second kappa shape index (κ2) is 7.17. The van der Waals surface area contributed by atoms with Crippen LogP contribution in [0, 0.1) is 6.92 Å². The molecule has 0 unspecified atom stereocenters. The second-order valence-corrected chi connectivity index (χ2v) is 7.34. The average molecular weight is 410 g/mol. The maximum atomic E-state index is 12.8. The molecule has 0 atom stereocenters. The predicted molar refractivity (Wildman–Crippen MR) is 119 cm³/mol. The molecule has 0 saturated heterocycles. The van der Waals surface area contributed by atoms with Crippen LogP contribution in [-0.2, 0) is 7.05 Å². The molecular weight excluding hydrogens is 392 g/mol. The Morgan fingerprint density at radius 1 is 1.13 bits per heavy atom. The molecule has 0 aliphatic carbocycles. The Kier molecular flexibility index (Phi) is 4.32. The van der Waals surface area contributed by atoms with Gasteiger partial charge in [0.05, 0.1) is 12.0 Å². The maximum Gasteiger partial charge on any atom is 0.276 e. The molecule has 0 fully saturated rings. The van der Waals surface area contributed by atoms with Crippen molar-refractivity contribution >= 4 is 33.5 Å². The van der Waals surface area contributed by atoms with Crippen molar-refractivity contribution in [2.24, 2.45) is 7.05 Å². The lowest BCUT2D eigenvalue weighted by Gasteiger charge is -2.11. The van der Waals surface area contributed by atoms with E-state index >= 15 is 0 Å². The van der Waals surface area contributed by atoms with Crippen molar-refractivity contribution < 1.29 is 4.79 Å². The summed E-state index contributed by atoms with van der Waals surface area (Å²) in [6.45, 7) is 1.93. The van der Waals surface area contributed by atoms with Gasteiger partial charge in [-0.1, -0.05) is 12.1 Å². The number of imidazole rings is 1. The van der Waals surface area contributed by atoms with Crippen molar-refractivity contribution in [1.29, 1.82) is 0 Å². The van der Waals surface area contributed by atoms with Crippen molar-refractivity contribution in [1.82, 2.24) is 24.5 Å². The summed E-state index contributed by atoms with van der Waals surface area (Å²) in [4.78, 5) is 41.1. The van der Waals surface area contributed by atoms with Gasteiger partial charge in [0.25, 0.3) is 11.5 Å². The van der Waals surface area contributed by atoms with Gasteiger partial charge in [-0.15, -0.1) is 0 Å². The van der Waals surface area contributed by atoms with Crippen molar-refractivity contribution in [2.45, 2.75) is 6.92 Å². The third-order valence-electron chi connectivity index (χ3n) is 5.25. The van der Waals surface area contributed by atoms with Gasteiger partial charge >= 0.3 is 0 Å². The van der Waals surface area contributed by atoms with Crippen LogP contribution in [-0.4, -0.2) is 30.4 Å². The van der Waals surface area contributed by atoms with Crippen LogP contribution in [0.5, 0.6) is 0 Å². The Hall–Kier alpha value is -4.33. The van der Waals surface area contributed by atoms with E-state index in [-0.39, 0.29) is 11.5 Å². The average Bonchev–Trinajstić information content (AvgIpc) is 3.27. The topological polar surface area (TPSA) is 106 Å². The third kappa shape index (κ3) is 3.24. The Morgan fingerprint density at radius 2 is 2.00 bits per heavy atom. The molecule has 31 heavy (non-hydrogen) atoms. The number of nitrogens with zero attached hydrogens (tertiary/aromatic N) is 4. The molecule has 5 aromatic rings.